The highest BCUT2D eigenvalue weighted by Gasteiger charge is 2.22. The van der Waals surface area contributed by atoms with E-state index in [4.69, 9.17) is 10.4 Å². The van der Waals surface area contributed by atoms with E-state index in [1.165, 1.54) is 11.8 Å². The Balaban J connectivity index is 2.73. The zero-order valence-corrected chi connectivity index (χ0v) is 8.03. The highest BCUT2D eigenvalue weighted by atomic mass is 16.3. The zero-order chi connectivity index (χ0) is 10.6. The summed E-state index contributed by atoms with van der Waals surface area (Å²) in [6.07, 6.45) is 0. The monoisotopic (exact) mass is 194 g/mol. The van der Waals surface area contributed by atoms with Crippen LogP contribution in [0.2, 0.25) is 0 Å². The number of carbonyl (C=O) groups is 1. The number of piperazine rings is 1. The highest BCUT2D eigenvalue weighted by molar-refractivity contribution is 5.97. The van der Waals surface area contributed by atoms with Gasteiger partial charge in [-0.25, -0.2) is 5.32 Å². The summed E-state index contributed by atoms with van der Waals surface area (Å²) in [7, 11) is 0. The zero-order valence-electron chi connectivity index (χ0n) is 8.03. The lowest BCUT2D eigenvalue weighted by molar-refractivity contribution is -0.127. The molecule has 0 aromatic rings. The fourth-order valence-corrected chi connectivity index (χ4v) is 1.25. The molecule has 1 heterocycles. The number of rotatable bonds is 1. The number of hydrogen-bond acceptors (Lipinski definition) is 3. The van der Waals surface area contributed by atoms with Crippen molar-refractivity contribution in [3.05, 3.63) is 11.3 Å². The summed E-state index contributed by atoms with van der Waals surface area (Å²) in [4.78, 5) is 13.1. The van der Waals surface area contributed by atoms with Gasteiger partial charge in [0.1, 0.15) is 11.8 Å². The van der Waals surface area contributed by atoms with Crippen molar-refractivity contribution in [2.45, 2.75) is 6.92 Å². The molecule has 1 radical (unpaired) electrons. The Hall–Kier alpha value is -1.54. The van der Waals surface area contributed by atoms with Gasteiger partial charge in [-0.15, -0.1) is 0 Å². The van der Waals surface area contributed by atoms with Crippen molar-refractivity contribution in [1.29, 1.82) is 5.26 Å². The van der Waals surface area contributed by atoms with E-state index in [-0.39, 0.29) is 11.3 Å². The summed E-state index contributed by atoms with van der Waals surface area (Å²) in [5.74, 6) is -0.623. The second-order valence-corrected chi connectivity index (χ2v) is 3.04. The van der Waals surface area contributed by atoms with Crippen LogP contribution in [-0.2, 0) is 4.79 Å². The summed E-state index contributed by atoms with van der Waals surface area (Å²) in [6, 6.07) is 1.71. The Labute approximate surface area is 82.6 Å². The molecule has 5 nitrogen and oxygen atoms in total. The van der Waals surface area contributed by atoms with E-state index in [9.17, 15) is 4.79 Å². The molecule has 0 aromatic carbocycles. The second kappa shape index (κ2) is 4.63. The molecule has 1 aliphatic rings. The van der Waals surface area contributed by atoms with E-state index in [2.05, 4.69) is 5.32 Å². The number of nitrogens with zero attached hydrogens (tertiary/aromatic N) is 3. The van der Waals surface area contributed by atoms with E-state index in [1.54, 1.807) is 6.07 Å². The van der Waals surface area contributed by atoms with Crippen LogP contribution >= 0.6 is 0 Å². The lowest BCUT2D eigenvalue weighted by Crippen LogP contribution is -2.44. The number of aliphatic hydroxyl groups is 1. The minimum absolute atomic E-state index is 0.174. The molecule has 75 valence electrons. The first-order valence-corrected chi connectivity index (χ1v) is 4.39. The van der Waals surface area contributed by atoms with Gasteiger partial charge >= 0.3 is 0 Å². The van der Waals surface area contributed by atoms with Crippen LogP contribution in [0.15, 0.2) is 11.3 Å². The number of aliphatic hydroxyl groups excluding tert-OH is 1. The van der Waals surface area contributed by atoms with Gasteiger partial charge in [0.2, 0.25) is 0 Å². The molecule has 1 N–H and O–H groups in total. The topological polar surface area (TPSA) is 78.4 Å². The molecule has 0 unspecified atom stereocenters. The van der Waals surface area contributed by atoms with Gasteiger partial charge in [0.25, 0.3) is 5.91 Å². The summed E-state index contributed by atoms with van der Waals surface area (Å²) in [6.45, 7) is 3.60. The Morgan fingerprint density at radius 3 is 2.50 bits per heavy atom. The first-order valence-electron chi connectivity index (χ1n) is 4.39. The van der Waals surface area contributed by atoms with Gasteiger partial charge < -0.3 is 10.0 Å². The van der Waals surface area contributed by atoms with Crippen LogP contribution in [0.4, 0.5) is 0 Å². The van der Waals surface area contributed by atoms with Crippen LogP contribution in [0.3, 0.4) is 0 Å². The fraction of sp³-hybridized carbons (Fsp3) is 0.556. The van der Waals surface area contributed by atoms with Gasteiger partial charge in [-0.2, -0.15) is 5.26 Å². The van der Waals surface area contributed by atoms with Crippen molar-refractivity contribution in [2.75, 3.05) is 26.2 Å². The average Bonchev–Trinajstić information content (AvgIpc) is 2.19. The van der Waals surface area contributed by atoms with E-state index >= 15 is 0 Å². The predicted molar refractivity (Wildman–Crippen MR) is 49.4 cm³/mol. The van der Waals surface area contributed by atoms with Gasteiger partial charge in [-0.1, -0.05) is 0 Å². The van der Waals surface area contributed by atoms with Crippen molar-refractivity contribution in [2.24, 2.45) is 0 Å². The molecule has 0 bridgehead atoms. The molecule has 0 atom stereocenters. The molecular formula is C9H12N3O2. The maximum absolute atomic E-state index is 11.6. The third-order valence-corrected chi connectivity index (χ3v) is 2.03. The molecule has 0 spiro atoms. The molecule has 1 saturated heterocycles. The molecular weight excluding hydrogens is 182 g/mol. The van der Waals surface area contributed by atoms with Gasteiger partial charge in [0, 0.05) is 26.2 Å². The number of allylic oxidation sites excluding steroid dienone is 1. The Kier molecular flexibility index (Phi) is 3.48. The highest BCUT2D eigenvalue weighted by Crippen LogP contribution is 2.06. The maximum atomic E-state index is 11.6. The summed E-state index contributed by atoms with van der Waals surface area (Å²) < 4.78 is 0. The SMILES string of the molecule is C/C(O)=C(/C#N)C(=O)N1CC[N]CC1. The summed E-state index contributed by atoms with van der Waals surface area (Å²) >= 11 is 0. The summed E-state index contributed by atoms with van der Waals surface area (Å²) in [5.41, 5.74) is -0.174. The molecule has 0 aliphatic carbocycles. The van der Waals surface area contributed by atoms with Crippen molar-refractivity contribution in [1.82, 2.24) is 10.2 Å². The molecule has 0 aromatic heterocycles. The van der Waals surface area contributed by atoms with Gasteiger partial charge in [0.05, 0.1) is 0 Å². The van der Waals surface area contributed by atoms with Crippen molar-refractivity contribution >= 4 is 5.91 Å². The van der Waals surface area contributed by atoms with Gasteiger partial charge in [-0.05, 0) is 6.92 Å². The van der Waals surface area contributed by atoms with E-state index in [0.717, 1.165) is 0 Å². The van der Waals surface area contributed by atoms with Crippen LogP contribution in [0, 0.1) is 11.3 Å². The normalized spacial score (nSPS) is 18.4. The number of hydrogen-bond donors (Lipinski definition) is 1. The van der Waals surface area contributed by atoms with E-state index in [1.807, 2.05) is 0 Å². The quantitative estimate of drug-likeness (QED) is 0.356. The molecule has 0 saturated carbocycles. The second-order valence-electron chi connectivity index (χ2n) is 3.04. The van der Waals surface area contributed by atoms with Crippen LogP contribution < -0.4 is 5.32 Å². The Morgan fingerprint density at radius 2 is 2.07 bits per heavy atom. The van der Waals surface area contributed by atoms with Gasteiger partial charge in [-0.3, -0.25) is 4.79 Å². The third-order valence-electron chi connectivity index (χ3n) is 2.03. The third kappa shape index (κ3) is 2.24. The van der Waals surface area contributed by atoms with E-state index in [0.29, 0.717) is 26.2 Å². The Morgan fingerprint density at radius 1 is 1.50 bits per heavy atom. The molecule has 1 aliphatic heterocycles. The van der Waals surface area contributed by atoms with Crippen LogP contribution in [0.1, 0.15) is 6.92 Å². The lowest BCUT2D eigenvalue weighted by atomic mass is 10.2. The molecule has 1 rings (SSSR count). The molecule has 14 heavy (non-hydrogen) atoms. The molecule has 1 fully saturated rings. The molecule has 1 amide bonds. The van der Waals surface area contributed by atoms with Gasteiger partial charge in [0.15, 0.2) is 5.57 Å². The maximum Gasteiger partial charge on any atom is 0.268 e. The first-order chi connectivity index (χ1) is 6.66. The predicted octanol–water partition coefficient (Wildman–Crippen LogP) is -0.211. The van der Waals surface area contributed by atoms with E-state index < -0.39 is 5.91 Å². The van der Waals surface area contributed by atoms with Crippen LogP contribution in [0.25, 0.3) is 0 Å². The Bertz CT molecular complexity index is 294. The number of nitriles is 1. The van der Waals surface area contributed by atoms with Crippen molar-refractivity contribution in [3.63, 3.8) is 0 Å². The van der Waals surface area contributed by atoms with Crippen molar-refractivity contribution in [3.8, 4) is 6.07 Å². The minimum Gasteiger partial charge on any atom is -0.511 e. The smallest absolute Gasteiger partial charge is 0.268 e. The van der Waals surface area contributed by atoms with Crippen LogP contribution in [0.5, 0.6) is 0 Å². The summed E-state index contributed by atoms with van der Waals surface area (Å²) in [5, 5.41) is 21.8. The fourth-order valence-electron chi connectivity index (χ4n) is 1.25. The number of amides is 1. The minimum atomic E-state index is -0.401. The lowest BCUT2D eigenvalue weighted by Gasteiger charge is -2.26. The van der Waals surface area contributed by atoms with Crippen molar-refractivity contribution < 1.29 is 9.90 Å². The largest absolute Gasteiger partial charge is 0.511 e. The van der Waals surface area contributed by atoms with Crippen LogP contribution in [-0.4, -0.2) is 42.1 Å². The standard InChI is InChI=1S/C9H12N3O2/c1-7(13)8(6-10)9(14)12-4-2-11-3-5-12/h13H,2-5H2,1H3/b8-7+. The average molecular weight is 194 g/mol. The number of carbonyl (C=O) groups excluding carboxylic acids is 1. The first kappa shape index (κ1) is 10.5. The molecule has 5 heteroatoms.